The Morgan fingerprint density at radius 3 is 2.79 bits per heavy atom. The fourth-order valence-electron chi connectivity index (χ4n) is 5.35. The van der Waals surface area contributed by atoms with Crippen molar-refractivity contribution >= 4 is 17.7 Å². The number of allylic oxidation sites excluding steroid dienone is 2. The van der Waals surface area contributed by atoms with E-state index in [1.54, 1.807) is 0 Å². The van der Waals surface area contributed by atoms with Gasteiger partial charge in [0.05, 0.1) is 37.3 Å². The summed E-state index contributed by atoms with van der Waals surface area (Å²) >= 11 is 0. The Balaban J connectivity index is 1.43. The van der Waals surface area contributed by atoms with Crippen molar-refractivity contribution in [1.29, 1.82) is 0 Å². The Kier molecular flexibility index (Phi) is 7.81. The topological polar surface area (TPSA) is 97.8 Å². The molecule has 8 nitrogen and oxygen atoms in total. The summed E-state index contributed by atoms with van der Waals surface area (Å²) in [5.41, 5.74) is 8.50. The molecule has 0 radical (unpaired) electrons. The second kappa shape index (κ2) is 11.3. The van der Waals surface area contributed by atoms with Crippen molar-refractivity contribution in [2.24, 2.45) is 11.1 Å². The third-order valence-electron chi connectivity index (χ3n) is 7.88. The van der Waals surface area contributed by atoms with Crippen molar-refractivity contribution in [3.05, 3.63) is 57.7 Å². The van der Waals surface area contributed by atoms with Gasteiger partial charge in [0.25, 0.3) is 5.91 Å². The number of carbonyl (C=O) groups is 1. The number of imidazole rings is 1. The highest BCUT2D eigenvalue weighted by Crippen LogP contribution is 2.41. The van der Waals surface area contributed by atoms with Crippen LogP contribution >= 0.6 is 0 Å². The number of fused-ring (bicyclic) bond motifs is 1. The number of hydrogen-bond donors (Lipinski definition) is 2. The van der Waals surface area contributed by atoms with Gasteiger partial charge in [-0.05, 0) is 86.3 Å². The first-order valence-electron chi connectivity index (χ1n) is 13.6. The van der Waals surface area contributed by atoms with E-state index in [1.165, 1.54) is 16.7 Å². The predicted octanol–water partition coefficient (Wildman–Crippen LogP) is 5.52. The number of oxime groups is 1. The summed E-state index contributed by atoms with van der Waals surface area (Å²) < 4.78 is 11.0. The van der Waals surface area contributed by atoms with Gasteiger partial charge in [0.1, 0.15) is 0 Å². The van der Waals surface area contributed by atoms with Gasteiger partial charge in [0, 0.05) is 17.8 Å². The van der Waals surface area contributed by atoms with Gasteiger partial charge in [0.15, 0.2) is 11.6 Å². The van der Waals surface area contributed by atoms with E-state index in [0.29, 0.717) is 44.0 Å². The fourth-order valence-corrected chi connectivity index (χ4v) is 5.35. The SMILES string of the molecule is CC1=NOC(C2=Cc3cc(-c4nc(C(=O)NCC5COCCO5)[nH]c4C)ccc3C(C)C(C)C2)=C(C)CC1. The molecule has 2 N–H and O–H groups in total. The highest BCUT2D eigenvalue weighted by molar-refractivity contribution is 5.91. The summed E-state index contributed by atoms with van der Waals surface area (Å²) in [5.74, 6) is 1.78. The van der Waals surface area contributed by atoms with E-state index in [-0.39, 0.29) is 12.0 Å². The molecule has 1 saturated heterocycles. The number of nitrogens with one attached hydrogen (secondary N) is 2. The molecule has 2 aliphatic heterocycles. The number of H-pyrrole nitrogens is 1. The van der Waals surface area contributed by atoms with Crippen LogP contribution in [0.15, 0.2) is 40.3 Å². The van der Waals surface area contributed by atoms with E-state index < -0.39 is 0 Å². The molecule has 8 heteroatoms. The molecule has 38 heavy (non-hydrogen) atoms. The summed E-state index contributed by atoms with van der Waals surface area (Å²) in [4.78, 5) is 26.6. The van der Waals surface area contributed by atoms with Gasteiger partial charge < -0.3 is 24.6 Å². The minimum Gasteiger partial charge on any atom is -0.376 e. The zero-order valence-electron chi connectivity index (χ0n) is 23.0. The third kappa shape index (κ3) is 5.61. The van der Waals surface area contributed by atoms with Crippen LogP contribution in [-0.2, 0) is 14.3 Å². The first-order chi connectivity index (χ1) is 18.3. The number of aromatic nitrogens is 2. The van der Waals surface area contributed by atoms with Gasteiger partial charge in [-0.25, -0.2) is 4.98 Å². The molecule has 202 valence electrons. The molecule has 1 fully saturated rings. The smallest absolute Gasteiger partial charge is 0.287 e. The Morgan fingerprint density at radius 1 is 1.16 bits per heavy atom. The maximum atomic E-state index is 12.8. The van der Waals surface area contributed by atoms with Crippen molar-refractivity contribution in [3.8, 4) is 11.3 Å². The van der Waals surface area contributed by atoms with Gasteiger partial charge in [0.2, 0.25) is 0 Å². The van der Waals surface area contributed by atoms with Crippen molar-refractivity contribution in [1.82, 2.24) is 15.3 Å². The molecule has 5 rings (SSSR count). The number of amides is 1. The lowest BCUT2D eigenvalue weighted by atomic mass is 9.85. The lowest BCUT2D eigenvalue weighted by Crippen LogP contribution is -2.40. The van der Waals surface area contributed by atoms with Crippen LogP contribution in [0, 0.1) is 12.8 Å². The number of rotatable bonds is 5. The number of carbonyl (C=O) groups excluding carboxylic acids is 1. The molecule has 3 aliphatic rings. The molecule has 3 heterocycles. The largest absolute Gasteiger partial charge is 0.376 e. The molecule has 1 aliphatic carbocycles. The Labute approximate surface area is 224 Å². The van der Waals surface area contributed by atoms with Crippen LogP contribution in [0.4, 0.5) is 0 Å². The van der Waals surface area contributed by atoms with Crippen molar-refractivity contribution in [2.75, 3.05) is 26.4 Å². The van der Waals surface area contributed by atoms with Crippen LogP contribution in [0.5, 0.6) is 0 Å². The quantitative estimate of drug-likeness (QED) is 0.543. The second-order valence-corrected chi connectivity index (χ2v) is 10.8. The van der Waals surface area contributed by atoms with E-state index in [1.807, 2.05) is 13.8 Å². The molecule has 2 aromatic rings. The molecule has 0 bridgehead atoms. The third-order valence-corrected chi connectivity index (χ3v) is 7.88. The normalized spacial score (nSPS) is 24.0. The zero-order valence-corrected chi connectivity index (χ0v) is 23.0. The predicted molar refractivity (Wildman–Crippen MR) is 148 cm³/mol. The number of benzene rings is 1. The van der Waals surface area contributed by atoms with Crippen molar-refractivity contribution in [2.45, 2.75) is 65.9 Å². The maximum Gasteiger partial charge on any atom is 0.287 e. The second-order valence-electron chi connectivity index (χ2n) is 10.8. The maximum absolute atomic E-state index is 12.8. The summed E-state index contributed by atoms with van der Waals surface area (Å²) in [6, 6.07) is 6.50. The Morgan fingerprint density at radius 2 is 2.00 bits per heavy atom. The van der Waals surface area contributed by atoms with Gasteiger partial charge in [-0.15, -0.1) is 0 Å². The monoisotopic (exact) mass is 518 g/mol. The summed E-state index contributed by atoms with van der Waals surface area (Å²) in [7, 11) is 0. The minimum atomic E-state index is -0.253. The van der Waals surface area contributed by atoms with Crippen LogP contribution in [-0.4, -0.2) is 54.1 Å². The summed E-state index contributed by atoms with van der Waals surface area (Å²) in [6.07, 6.45) is 4.93. The van der Waals surface area contributed by atoms with Crippen LogP contribution in [0.1, 0.15) is 80.3 Å². The van der Waals surface area contributed by atoms with E-state index in [0.717, 1.165) is 53.2 Å². The molecular weight excluding hydrogens is 480 g/mol. The highest BCUT2D eigenvalue weighted by atomic mass is 16.6. The minimum absolute atomic E-state index is 0.135. The van der Waals surface area contributed by atoms with E-state index in [2.05, 4.69) is 65.5 Å². The molecular formula is C30H38N4O4. The number of hydrogen-bond acceptors (Lipinski definition) is 6. The Bertz CT molecular complexity index is 1300. The van der Waals surface area contributed by atoms with E-state index >= 15 is 0 Å². The zero-order chi connectivity index (χ0) is 26.8. The van der Waals surface area contributed by atoms with Crippen LogP contribution < -0.4 is 5.32 Å². The van der Waals surface area contributed by atoms with Gasteiger partial charge >= 0.3 is 0 Å². The molecule has 0 spiro atoms. The van der Waals surface area contributed by atoms with Crippen LogP contribution in [0.2, 0.25) is 0 Å². The first kappa shape index (κ1) is 26.4. The molecule has 1 aromatic heterocycles. The number of nitrogens with zero attached hydrogens (tertiary/aromatic N) is 2. The van der Waals surface area contributed by atoms with Gasteiger partial charge in [-0.2, -0.15) is 0 Å². The molecule has 0 saturated carbocycles. The van der Waals surface area contributed by atoms with E-state index in [4.69, 9.17) is 14.3 Å². The van der Waals surface area contributed by atoms with Gasteiger partial charge in [-0.3, -0.25) is 4.79 Å². The lowest BCUT2D eigenvalue weighted by Gasteiger charge is -2.22. The van der Waals surface area contributed by atoms with Crippen molar-refractivity contribution in [3.63, 3.8) is 0 Å². The summed E-state index contributed by atoms with van der Waals surface area (Å²) in [6.45, 7) is 12.7. The first-order valence-corrected chi connectivity index (χ1v) is 13.6. The highest BCUT2D eigenvalue weighted by Gasteiger charge is 2.27. The molecule has 3 atom stereocenters. The average Bonchev–Trinajstić information content (AvgIpc) is 3.16. The fraction of sp³-hybridized carbons (Fsp3) is 0.500. The lowest BCUT2D eigenvalue weighted by molar-refractivity contribution is -0.0855. The molecule has 3 unspecified atom stereocenters. The average molecular weight is 519 g/mol. The molecule has 1 amide bonds. The van der Waals surface area contributed by atoms with Gasteiger partial charge in [-0.1, -0.05) is 31.1 Å². The van der Waals surface area contributed by atoms with Crippen LogP contribution in [0.25, 0.3) is 17.3 Å². The number of aromatic amines is 1. The molecule has 1 aromatic carbocycles. The Hall–Kier alpha value is -3.23. The number of ether oxygens (including phenoxy) is 2. The summed E-state index contributed by atoms with van der Waals surface area (Å²) in [5, 5.41) is 7.26. The standard InChI is InChI=1S/C30H38N4O4/c1-17-6-7-19(3)34-38-28(17)24-12-18(2)20(4)26-9-8-22(13-23(26)14-24)27-21(5)32-29(33-27)30(35)31-15-25-16-36-10-11-37-25/h8-9,13-14,18,20,25H,6-7,10-12,15-16H2,1-5H3,(H,31,35)(H,32,33). The van der Waals surface area contributed by atoms with Crippen molar-refractivity contribution < 1.29 is 19.1 Å². The number of aryl methyl sites for hydroxylation is 1. The van der Waals surface area contributed by atoms with E-state index in [9.17, 15) is 4.79 Å². The van der Waals surface area contributed by atoms with Crippen LogP contribution in [0.3, 0.4) is 0 Å².